The third kappa shape index (κ3) is 4.59. The van der Waals surface area contributed by atoms with Gasteiger partial charge in [-0.2, -0.15) is 0 Å². The number of carbonyl (C=O) groups excluding carboxylic acids is 2. The van der Waals surface area contributed by atoms with Crippen LogP contribution < -0.4 is 5.32 Å². The van der Waals surface area contributed by atoms with Crippen LogP contribution in [0.2, 0.25) is 10.0 Å². The minimum atomic E-state index is -0.446. The van der Waals surface area contributed by atoms with Crippen molar-refractivity contribution in [3.8, 4) is 16.3 Å². The van der Waals surface area contributed by atoms with E-state index >= 15 is 0 Å². The Morgan fingerprint density at radius 2 is 1.58 bits per heavy atom. The summed E-state index contributed by atoms with van der Waals surface area (Å²) >= 11 is 13.0. The van der Waals surface area contributed by atoms with Crippen LogP contribution in [0.15, 0.2) is 66.7 Å². The molecule has 1 heterocycles. The molecule has 4 aromatic rings. The Kier molecular flexibility index (Phi) is 5.99. The van der Waals surface area contributed by atoms with Crippen molar-refractivity contribution in [3.05, 3.63) is 93.5 Å². The molecule has 3 aromatic carbocycles. The van der Waals surface area contributed by atoms with Crippen LogP contribution in [0.1, 0.15) is 26.3 Å². The number of benzene rings is 3. The Bertz CT molecular complexity index is 1290. The number of hydrogen-bond acceptors (Lipinski definition) is 6. The van der Waals surface area contributed by atoms with Crippen LogP contribution in [0.25, 0.3) is 10.6 Å². The standard InChI is InChI=1S/C22H13Cl2N3O3S/c23-15-10-16(19(29)17(24)11-15)21-26-27-22(31-21)25-20(30)14-8-4-7-13(9-14)18(28)12-5-2-1-3-6-12/h1-11,29H,(H,25,27,30). The van der Waals surface area contributed by atoms with Crippen LogP contribution in [0.3, 0.4) is 0 Å². The molecule has 1 amide bonds. The molecule has 0 saturated carbocycles. The zero-order valence-electron chi connectivity index (χ0n) is 15.7. The van der Waals surface area contributed by atoms with Crippen molar-refractivity contribution in [2.24, 2.45) is 0 Å². The molecule has 0 saturated heterocycles. The lowest BCUT2D eigenvalue weighted by atomic mass is 10.0. The predicted molar refractivity (Wildman–Crippen MR) is 121 cm³/mol. The van der Waals surface area contributed by atoms with Crippen molar-refractivity contribution >= 4 is 51.4 Å². The van der Waals surface area contributed by atoms with Crippen LogP contribution in [-0.4, -0.2) is 27.0 Å². The van der Waals surface area contributed by atoms with Crippen molar-refractivity contribution in [3.63, 3.8) is 0 Å². The third-order valence-corrected chi connectivity index (χ3v) is 5.71. The highest BCUT2D eigenvalue weighted by Crippen LogP contribution is 2.39. The first-order valence-corrected chi connectivity index (χ1v) is 10.5. The maximum absolute atomic E-state index is 12.7. The second kappa shape index (κ2) is 8.85. The topological polar surface area (TPSA) is 92.2 Å². The average Bonchev–Trinajstić information content (AvgIpc) is 3.24. The van der Waals surface area contributed by atoms with Crippen molar-refractivity contribution in [1.82, 2.24) is 10.2 Å². The SMILES string of the molecule is O=C(Nc1nnc(-c2cc(Cl)cc(Cl)c2O)s1)c1cccc(C(=O)c2ccccc2)c1. The zero-order valence-corrected chi connectivity index (χ0v) is 18.0. The second-order valence-corrected chi connectivity index (χ2v) is 8.25. The minimum absolute atomic E-state index is 0.0863. The van der Waals surface area contributed by atoms with Gasteiger partial charge in [0, 0.05) is 21.7 Å². The number of halogens is 2. The molecule has 0 radical (unpaired) electrons. The number of phenolic OH excluding ortho intramolecular Hbond substituents is 1. The molecule has 6 nitrogen and oxygen atoms in total. The van der Waals surface area contributed by atoms with E-state index in [9.17, 15) is 14.7 Å². The summed E-state index contributed by atoms with van der Waals surface area (Å²) in [6.07, 6.45) is 0. The molecule has 0 aliphatic carbocycles. The van der Waals surface area contributed by atoms with Gasteiger partial charge in [0.15, 0.2) is 10.8 Å². The smallest absolute Gasteiger partial charge is 0.257 e. The van der Waals surface area contributed by atoms with Gasteiger partial charge >= 0.3 is 0 Å². The number of nitrogens with one attached hydrogen (secondary N) is 1. The number of phenols is 1. The third-order valence-electron chi connectivity index (χ3n) is 4.33. The van der Waals surface area contributed by atoms with E-state index in [-0.39, 0.29) is 21.7 Å². The van der Waals surface area contributed by atoms with Crippen molar-refractivity contribution in [2.45, 2.75) is 0 Å². The first-order valence-electron chi connectivity index (χ1n) is 8.95. The van der Waals surface area contributed by atoms with Crippen molar-refractivity contribution < 1.29 is 14.7 Å². The number of amides is 1. The molecule has 154 valence electrons. The Morgan fingerprint density at radius 1 is 0.871 bits per heavy atom. The summed E-state index contributed by atoms with van der Waals surface area (Å²) in [4.78, 5) is 25.3. The molecule has 0 atom stereocenters. The molecule has 0 aliphatic heterocycles. The molecular weight excluding hydrogens is 457 g/mol. The van der Waals surface area contributed by atoms with E-state index in [2.05, 4.69) is 15.5 Å². The molecule has 1 aromatic heterocycles. The summed E-state index contributed by atoms with van der Waals surface area (Å²) in [7, 11) is 0. The minimum Gasteiger partial charge on any atom is -0.506 e. The van der Waals surface area contributed by atoms with E-state index in [1.54, 1.807) is 42.5 Å². The summed E-state index contributed by atoms with van der Waals surface area (Å²) in [5, 5.41) is 21.7. The van der Waals surface area contributed by atoms with Crippen LogP contribution in [0.4, 0.5) is 5.13 Å². The number of rotatable bonds is 5. The second-order valence-electron chi connectivity index (χ2n) is 6.43. The Labute approximate surface area is 191 Å². The van der Waals surface area contributed by atoms with Crippen LogP contribution in [-0.2, 0) is 0 Å². The normalized spacial score (nSPS) is 10.6. The first kappa shape index (κ1) is 21.0. The van der Waals surface area contributed by atoms with Gasteiger partial charge in [-0.25, -0.2) is 0 Å². The summed E-state index contributed by atoms with van der Waals surface area (Å²) in [5.41, 5.74) is 1.54. The number of hydrogen-bond donors (Lipinski definition) is 2. The molecule has 31 heavy (non-hydrogen) atoms. The maximum atomic E-state index is 12.7. The molecule has 0 unspecified atom stereocenters. The van der Waals surface area contributed by atoms with Gasteiger partial charge in [0.1, 0.15) is 5.75 Å². The molecule has 0 aliphatic rings. The highest BCUT2D eigenvalue weighted by molar-refractivity contribution is 7.18. The lowest BCUT2D eigenvalue weighted by molar-refractivity contribution is 0.102. The number of ketones is 1. The Morgan fingerprint density at radius 3 is 2.35 bits per heavy atom. The van der Waals surface area contributed by atoms with Gasteiger partial charge < -0.3 is 5.11 Å². The fraction of sp³-hybridized carbons (Fsp3) is 0. The first-order chi connectivity index (χ1) is 14.9. The lowest BCUT2D eigenvalue weighted by Crippen LogP contribution is -2.13. The zero-order chi connectivity index (χ0) is 22.0. The molecule has 2 N–H and O–H groups in total. The average molecular weight is 470 g/mol. The van der Waals surface area contributed by atoms with E-state index in [0.29, 0.717) is 32.3 Å². The van der Waals surface area contributed by atoms with E-state index < -0.39 is 5.91 Å². The maximum Gasteiger partial charge on any atom is 0.257 e. The molecule has 0 fully saturated rings. The van der Waals surface area contributed by atoms with Crippen molar-refractivity contribution in [2.75, 3.05) is 5.32 Å². The number of anilines is 1. The highest BCUT2D eigenvalue weighted by Gasteiger charge is 2.17. The van der Waals surface area contributed by atoms with Crippen molar-refractivity contribution in [1.29, 1.82) is 0 Å². The Hall–Kier alpha value is -3.26. The number of carbonyl (C=O) groups is 2. The number of nitrogens with zero attached hydrogens (tertiary/aromatic N) is 2. The quantitative estimate of drug-likeness (QED) is 0.365. The van der Waals surface area contributed by atoms with Crippen LogP contribution >= 0.6 is 34.5 Å². The summed E-state index contributed by atoms with van der Waals surface area (Å²) < 4.78 is 0. The monoisotopic (exact) mass is 469 g/mol. The molecular formula is C22H13Cl2N3O3S. The Balaban J connectivity index is 1.54. The van der Waals surface area contributed by atoms with Gasteiger partial charge in [-0.05, 0) is 24.3 Å². The van der Waals surface area contributed by atoms with Crippen LogP contribution in [0.5, 0.6) is 5.75 Å². The largest absolute Gasteiger partial charge is 0.506 e. The summed E-state index contributed by atoms with van der Waals surface area (Å²) in [6.45, 7) is 0. The van der Waals surface area contributed by atoms with Gasteiger partial charge in [-0.3, -0.25) is 14.9 Å². The van der Waals surface area contributed by atoms with E-state index in [1.165, 1.54) is 18.2 Å². The van der Waals surface area contributed by atoms with Gasteiger partial charge in [-0.1, -0.05) is 77.0 Å². The molecule has 4 rings (SSSR count). The molecule has 0 spiro atoms. The number of aromatic hydroxyl groups is 1. The van der Waals surface area contributed by atoms with Gasteiger partial charge in [0.2, 0.25) is 5.13 Å². The molecule has 9 heteroatoms. The highest BCUT2D eigenvalue weighted by atomic mass is 35.5. The van der Waals surface area contributed by atoms with E-state index in [0.717, 1.165) is 11.3 Å². The van der Waals surface area contributed by atoms with Gasteiger partial charge in [-0.15, -0.1) is 10.2 Å². The van der Waals surface area contributed by atoms with Crippen LogP contribution in [0, 0.1) is 0 Å². The fourth-order valence-corrected chi connectivity index (χ4v) is 4.09. The molecule has 0 bridgehead atoms. The fourth-order valence-electron chi connectivity index (χ4n) is 2.84. The van der Waals surface area contributed by atoms with Gasteiger partial charge in [0.05, 0.1) is 10.6 Å². The summed E-state index contributed by atoms with van der Waals surface area (Å²) in [6, 6.07) is 18.2. The predicted octanol–water partition coefficient (Wildman–Crippen LogP) is 5.70. The van der Waals surface area contributed by atoms with E-state index in [4.69, 9.17) is 23.2 Å². The number of aromatic nitrogens is 2. The van der Waals surface area contributed by atoms with E-state index in [1.807, 2.05) is 6.07 Å². The lowest BCUT2D eigenvalue weighted by Gasteiger charge is -2.05. The summed E-state index contributed by atoms with van der Waals surface area (Å²) in [5.74, 6) is -0.798. The van der Waals surface area contributed by atoms with Gasteiger partial charge in [0.25, 0.3) is 5.91 Å².